The highest BCUT2D eigenvalue weighted by atomic mass is 19.1. The molecule has 1 aromatic rings. The lowest BCUT2D eigenvalue weighted by molar-refractivity contribution is -0.129. The molecule has 0 spiro atoms. The first-order valence-corrected chi connectivity index (χ1v) is 6.00. The summed E-state index contributed by atoms with van der Waals surface area (Å²) in [5, 5.41) is 0. The lowest BCUT2D eigenvalue weighted by Gasteiger charge is -2.15. The predicted octanol–water partition coefficient (Wildman–Crippen LogP) is 2.77. The molecule has 96 valence electrons. The van der Waals surface area contributed by atoms with Gasteiger partial charge >= 0.3 is 0 Å². The predicted molar refractivity (Wildman–Crippen MR) is 66.0 cm³/mol. The number of amides is 1. The Kier molecular flexibility index (Phi) is 3.75. The molecule has 0 aromatic heterocycles. The lowest BCUT2D eigenvalue weighted by atomic mass is 10.1. The summed E-state index contributed by atoms with van der Waals surface area (Å²) in [5.41, 5.74) is 0.222. The van der Waals surface area contributed by atoms with Crippen LogP contribution in [0.3, 0.4) is 0 Å². The van der Waals surface area contributed by atoms with E-state index in [1.807, 2.05) is 0 Å². The van der Waals surface area contributed by atoms with Gasteiger partial charge in [0, 0.05) is 24.2 Å². The van der Waals surface area contributed by atoms with Crippen molar-refractivity contribution in [2.24, 2.45) is 0 Å². The molecule has 2 nitrogen and oxygen atoms in total. The van der Waals surface area contributed by atoms with E-state index in [2.05, 4.69) is 6.58 Å². The second-order valence-electron chi connectivity index (χ2n) is 4.43. The van der Waals surface area contributed by atoms with Gasteiger partial charge in [-0.1, -0.05) is 12.7 Å². The summed E-state index contributed by atoms with van der Waals surface area (Å²) < 4.78 is 27.2. The van der Waals surface area contributed by atoms with Gasteiger partial charge in [-0.25, -0.2) is 8.78 Å². The van der Waals surface area contributed by atoms with E-state index in [1.165, 1.54) is 6.08 Å². The zero-order valence-electron chi connectivity index (χ0n) is 10.1. The molecule has 0 radical (unpaired) electrons. The third-order valence-electron chi connectivity index (χ3n) is 3.19. The molecule has 0 atom stereocenters. The summed E-state index contributed by atoms with van der Waals surface area (Å²) in [6.45, 7) is 4.84. The molecule has 1 aliphatic heterocycles. The van der Waals surface area contributed by atoms with Gasteiger partial charge in [-0.2, -0.15) is 0 Å². The molecule has 1 amide bonds. The van der Waals surface area contributed by atoms with E-state index in [1.54, 1.807) is 4.90 Å². The molecule has 1 heterocycles. The second-order valence-corrected chi connectivity index (χ2v) is 4.43. The van der Waals surface area contributed by atoms with E-state index in [4.69, 9.17) is 0 Å². The minimum Gasteiger partial charge on any atom is -0.342 e. The minimum absolute atomic E-state index is 0.0832. The van der Waals surface area contributed by atoms with E-state index >= 15 is 0 Å². The maximum atomic E-state index is 13.7. The number of rotatable bonds is 3. The highest BCUT2D eigenvalue weighted by Crippen LogP contribution is 2.18. The number of benzene rings is 1. The Morgan fingerprint density at radius 1 is 1.28 bits per heavy atom. The van der Waals surface area contributed by atoms with Crippen LogP contribution in [0.5, 0.6) is 0 Å². The van der Waals surface area contributed by atoms with Crippen LogP contribution in [-0.2, 0) is 11.2 Å². The summed E-state index contributed by atoms with van der Waals surface area (Å²) in [7, 11) is 0. The molecule has 1 aliphatic rings. The van der Waals surface area contributed by atoms with Crippen molar-refractivity contribution >= 4 is 12.0 Å². The molecule has 2 rings (SSSR count). The number of hydrogen-bond acceptors (Lipinski definition) is 1. The third-order valence-corrected chi connectivity index (χ3v) is 3.19. The molecule has 0 aliphatic carbocycles. The van der Waals surface area contributed by atoms with Gasteiger partial charge in [0.15, 0.2) is 0 Å². The maximum absolute atomic E-state index is 13.7. The quantitative estimate of drug-likeness (QED) is 0.809. The van der Waals surface area contributed by atoms with Crippen LogP contribution in [0.15, 0.2) is 18.7 Å². The van der Waals surface area contributed by atoms with Gasteiger partial charge in [-0.3, -0.25) is 4.79 Å². The van der Waals surface area contributed by atoms with Crippen LogP contribution >= 0.6 is 0 Å². The molecule has 18 heavy (non-hydrogen) atoms. The summed E-state index contributed by atoms with van der Waals surface area (Å²) in [5.74, 6) is -1.24. The number of carbonyl (C=O) groups excluding carboxylic acids is 1. The van der Waals surface area contributed by atoms with Crippen molar-refractivity contribution < 1.29 is 13.6 Å². The number of nitrogens with zero attached hydrogens (tertiary/aromatic N) is 1. The first-order chi connectivity index (χ1) is 8.61. The van der Waals surface area contributed by atoms with Crippen molar-refractivity contribution in [3.05, 3.63) is 41.5 Å². The van der Waals surface area contributed by atoms with Crippen molar-refractivity contribution in [3.8, 4) is 0 Å². The molecular weight excluding hydrogens is 236 g/mol. The summed E-state index contributed by atoms with van der Waals surface area (Å²) in [4.78, 5) is 13.5. The van der Waals surface area contributed by atoms with Crippen molar-refractivity contribution in [1.29, 1.82) is 0 Å². The molecule has 0 unspecified atom stereocenters. The minimum atomic E-state index is -0.557. The number of likely N-dealkylation sites (tertiary alicyclic amines) is 1. The second kappa shape index (κ2) is 5.29. The normalized spacial score (nSPS) is 14.9. The first kappa shape index (κ1) is 12.7. The monoisotopic (exact) mass is 251 g/mol. The average Bonchev–Trinajstić information content (AvgIpc) is 2.87. The molecule has 0 saturated carbocycles. The van der Waals surface area contributed by atoms with Gasteiger partial charge in [0.05, 0.1) is 6.42 Å². The number of hydrogen-bond donors (Lipinski definition) is 0. The van der Waals surface area contributed by atoms with Crippen LogP contribution in [-0.4, -0.2) is 23.9 Å². The Morgan fingerprint density at radius 3 is 2.56 bits per heavy atom. The largest absolute Gasteiger partial charge is 0.342 e. The van der Waals surface area contributed by atoms with Crippen molar-refractivity contribution in [2.75, 3.05) is 13.1 Å². The van der Waals surface area contributed by atoms with E-state index in [0.717, 1.165) is 25.0 Å². The van der Waals surface area contributed by atoms with Gasteiger partial charge in [0.25, 0.3) is 0 Å². The standard InChI is InChI=1S/C14H15F2NO/c1-2-10-7-13(16)11(8-12(10)15)9-14(18)17-5-3-4-6-17/h2,7-8H,1,3-6,9H2. The van der Waals surface area contributed by atoms with Crippen molar-refractivity contribution in [2.45, 2.75) is 19.3 Å². The average molecular weight is 251 g/mol. The summed E-state index contributed by atoms with van der Waals surface area (Å²) in [6, 6.07) is 2.16. The van der Waals surface area contributed by atoms with E-state index in [-0.39, 0.29) is 23.5 Å². The molecular formula is C14H15F2NO. The highest BCUT2D eigenvalue weighted by Gasteiger charge is 2.20. The third kappa shape index (κ3) is 2.58. The van der Waals surface area contributed by atoms with Crippen molar-refractivity contribution in [3.63, 3.8) is 0 Å². The Bertz CT molecular complexity index is 479. The Morgan fingerprint density at radius 2 is 1.94 bits per heavy atom. The first-order valence-electron chi connectivity index (χ1n) is 6.00. The van der Waals surface area contributed by atoms with Crippen molar-refractivity contribution in [1.82, 2.24) is 4.90 Å². The zero-order valence-corrected chi connectivity index (χ0v) is 10.1. The Labute approximate surface area is 105 Å². The maximum Gasteiger partial charge on any atom is 0.227 e. The van der Waals surface area contributed by atoms with E-state index in [9.17, 15) is 13.6 Å². The fraction of sp³-hybridized carbons (Fsp3) is 0.357. The summed E-state index contributed by atoms with van der Waals surface area (Å²) in [6.07, 6.45) is 3.14. The Hall–Kier alpha value is -1.71. The zero-order chi connectivity index (χ0) is 13.1. The van der Waals surface area contributed by atoms with Crippen LogP contribution < -0.4 is 0 Å². The number of carbonyl (C=O) groups is 1. The van der Waals surface area contributed by atoms with Gasteiger partial charge < -0.3 is 4.90 Å². The molecule has 1 saturated heterocycles. The SMILES string of the molecule is C=Cc1cc(F)c(CC(=O)N2CCCC2)cc1F. The fourth-order valence-electron chi connectivity index (χ4n) is 2.14. The Balaban J connectivity index is 2.16. The topological polar surface area (TPSA) is 20.3 Å². The van der Waals surface area contributed by atoms with Crippen LogP contribution in [0, 0.1) is 11.6 Å². The molecule has 1 aromatic carbocycles. The lowest BCUT2D eigenvalue weighted by Crippen LogP contribution is -2.29. The van der Waals surface area contributed by atoms with Gasteiger partial charge in [0.2, 0.25) is 5.91 Å². The van der Waals surface area contributed by atoms with E-state index in [0.29, 0.717) is 13.1 Å². The van der Waals surface area contributed by atoms with Crippen LogP contribution in [0.1, 0.15) is 24.0 Å². The molecule has 1 fully saturated rings. The molecule has 0 bridgehead atoms. The molecule has 4 heteroatoms. The van der Waals surface area contributed by atoms with Gasteiger partial charge in [0.1, 0.15) is 11.6 Å². The van der Waals surface area contributed by atoms with Crippen LogP contribution in [0.2, 0.25) is 0 Å². The smallest absolute Gasteiger partial charge is 0.227 e. The fourth-order valence-corrected chi connectivity index (χ4v) is 2.14. The van der Waals surface area contributed by atoms with Gasteiger partial charge in [-0.05, 0) is 25.0 Å². The van der Waals surface area contributed by atoms with Crippen LogP contribution in [0.4, 0.5) is 8.78 Å². The van der Waals surface area contributed by atoms with Gasteiger partial charge in [-0.15, -0.1) is 0 Å². The highest BCUT2D eigenvalue weighted by molar-refractivity contribution is 5.79. The molecule has 0 N–H and O–H groups in total. The summed E-state index contributed by atoms with van der Waals surface area (Å²) >= 11 is 0. The van der Waals surface area contributed by atoms with E-state index < -0.39 is 11.6 Å². The number of halogens is 2. The van der Waals surface area contributed by atoms with Crippen LogP contribution in [0.25, 0.3) is 6.08 Å².